The highest BCUT2D eigenvalue weighted by Gasteiger charge is 2.26. The Balaban J connectivity index is 1.63. The first-order valence-corrected chi connectivity index (χ1v) is 8.37. The topological polar surface area (TPSA) is 31.4 Å². The summed E-state index contributed by atoms with van der Waals surface area (Å²) in [5.41, 5.74) is 2.45. The Bertz CT molecular complexity index is 460. The predicted molar refractivity (Wildman–Crippen MR) is 87.8 cm³/mol. The van der Waals surface area contributed by atoms with E-state index in [-0.39, 0.29) is 0 Å². The van der Waals surface area contributed by atoms with Crippen molar-refractivity contribution < 1.29 is 0 Å². The lowest BCUT2D eigenvalue weighted by atomic mass is 10.1. The van der Waals surface area contributed by atoms with E-state index < -0.39 is 0 Å². The molecule has 4 nitrogen and oxygen atoms in total. The second-order valence-electron chi connectivity index (χ2n) is 6.47. The van der Waals surface area contributed by atoms with E-state index in [9.17, 15) is 0 Å². The summed E-state index contributed by atoms with van der Waals surface area (Å²) in [7, 11) is 2.00. The zero-order valence-electron chi connectivity index (χ0n) is 13.4. The van der Waals surface area contributed by atoms with Gasteiger partial charge >= 0.3 is 0 Å². The quantitative estimate of drug-likeness (QED) is 0.920. The van der Waals surface area contributed by atoms with Crippen molar-refractivity contribution >= 4 is 5.82 Å². The highest BCUT2D eigenvalue weighted by atomic mass is 15.3. The summed E-state index contributed by atoms with van der Waals surface area (Å²) in [5, 5.41) is 3.23. The Kier molecular flexibility index (Phi) is 4.76. The molecule has 1 aromatic rings. The van der Waals surface area contributed by atoms with E-state index in [0.29, 0.717) is 0 Å². The molecule has 3 rings (SSSR count). The van der Waals surface area contributed by atoms with Gasteiger partial charge in [0.1, 0.15) is 5.82 Å². The number of nitrogens with zero attached hydrogens (tertiary/aromatic N) is 3. The molecule has 0 radical (unpaired) electrons. The second-order valence-corrected chi connectivity index (χ2v) is 6.47. The first-order chi connectivity index (χ1) is 10.3. The minimum atomic E-state index is 0.859. The summed E-state index contributed by atoms with van der Waals surface area (Å²) >= 11 is 0. The van der Waals surface area contributed by atoms with Gasteiger partial charge < -0.3 is 10.2 Å². The lowest BCUT2D eigenvalue weighted by Crippen LogP contribution is -2.50. The van der Waals surface area contributed by atoms with Gasteiger partial charge in [0.25, 0.3) is 0 Å². The van der Waals surface area contributed by atoms with Gasteiger partial charge in [-0.05, 0) is 44.5 Å². The van der Waals surface area contributed by atoms with Crippen LogP contribution in [0.5, 0.6) is 0 Å². The maximum Gasteiger partial charge on any atom is 0.129 e. The number of hydrogen-bond acceptors (Lipinski definition) is 4. The van der Waals surface area contributed by atoms with Gasteiger partial charge in [0.05, 0.1) is 0 Å². The monoisotopic (exact) mass is 288 g/mol. The lowest BCUT2D eigenvalue weighted by Gasteiger charge is -2.38. The Hall–Kier alpha value is -1.13. The number of hydrogen-bond donors (Lipinski definition) is 1. The minimum absolute atomic E-state index is 0.859. The van der Waals surface area contributed by atoms with Gasteiger partial charge in [0.15, 0.2) is 0 Å². The zero-order chi connectivity index (χ0) is 14.7. The molecule has 0 unspecified atom stereocenters. The molecule has 1 aliphatic heterocycles. The summed E-state index contributed by atoms with van der Waals surface area (Å²) < 4.78 is 0. The number of piperazine rings is 1. The third-order valence-corrected chi connectivity index (χ3v) is 4.86. The fourth-order valence-electron chi connectivity index (χ4n) is 3.77. The molecule has 0 atom stereocenters. The van der Waals surface area contributed by atoms with Gasteiger partial charge in [-0.3, -0.25) is 4.90 Å². The number of nitrogens with one attached hydrogen (secondary N) is 1. The van der Waals surface area contributed by atoms with Crippen LogP contribution in [0.15, 0.2) is 12.1 Å². The molecule has 2 fully saturated rings. The lowest BCUT2D eigenvalue weighted by molar-refractivity contribution is 0.187. The molecule has 0 amide bonds. The molecule has 4 heteroatoms. The Morgan fingerprint density at radius 3 is 2.52 bits per heavy atom. The van der Waals surface area contributed by atoms with E-state index in [1.807, 2.05) is 7.05 Å². The van der Waals surface area contributed by atoms with Gasteiger partial charge in [-0.1, -0.05) is 12.8 Å². The maximum absolute atomic E-state index is 4.74. The second kappa shape index (κ2) is 6.75. The molecule has 1 aliphatic carbocycles. The first kappa shape index (κ1) is 14.8. The van der Waals surface area contributed by atoms with Crippen LogP contribution < -0.4 is 10.2 Å². The summed E-state index contributed by atoms with van der Waals surface area (Å²) in [4.78, 5) is 9.90. The van der Waals surface area contributed by atoms with Crippen molar-refractivity contribution in [1.82, 2.24) is 15.2 Å². The standard InChI is InChI=1S/C17H28N4/c1-14-11-15(13-18-2)12-17(19-14)21-9-7-20(8-10-21)16-5-3-4-6-16/h11-12,16,18H,3-10,13H2,1-2H3. The van der Waals surface area contributed by atoms with Gasteiger partial charge in [0.2, 0.25) is 0 Å². The van der Waals surface area contributed by atoms with Crippen LogP contribution in [0.1, 0.15) is 36.9 Å². The van der Waals surface area contributed by atoms with E-state index >= 15 is 0 Å². The number of aromatic nitrogens is 1. The van der Waals surface area contributed by atoms with E-state index in [1.165, 1.54) is 44.3 Å². The molecule has 21 heavy (non-hydrogen) atoms. The van der Waals surface area contributed by atoms with Crippen molar-refractivity contribution in [1.29, 1.82) is 0 Å². The largest absolute Gasteiger partial charge is 0.354 e. The van der Waals surface area contributed by atoms with E-state index in [1.54, 1.807) is 0 Å². The minimum Gasteiger partial charge on any atom is -0.354 e. The van der Waals surface area contributed by atoms with Gasteiger partial charge in [-0.2, -0.15) is 0 Å². The van der Waals surface area contributed by atoms with Gasteiger partial charge in [-0.25, -0.2) is 4.98 Å². The molecule has 2 heterocycles. The van der Waals surface area contributed by atoms with Crippen molar-refractivity contribution in [2.45, 2.75) is 45.2 Å². The fraction of sp³-hybridized carbons (Fsp3) is 0.706. The Labute approximate surface area is 128 Å². The molecule has 0 bridgehead atoms. The molecule has 1 saturated heterocycles. The molecule has 1 aromatic heterocycles. The molecule has 2 aliphatic rings. The van der Waals surface area contributed by atoms with Crippen LogP contribution in [0.4, 0.5) is 5.82 Å². The maximum atomic E-state index is 4.74. The fourth-order valence-corrected chi connectivity index (χ4v) is 3.77. The van der Waals surface area contributed by atoms with Crippen LogP contribution in [-0.2, 0) is 6.54 Å². The van der Waals surface area contributed by atoms with Crippen molar-refractivity contribution in [2.75, 3.05) is 38.1 Å². The van der Waals surface area contributed by atoms with Crippen LogP contribution in [0.2, 0.25) is 0 Å². The number of rotatable bonds is 4. The number of anilines is 1. The van der Waals surface area contributed by atoms with Crippen molar-refractivity contribution in [3.63, 3.8) is 0 Å². The zero-order valence-corrected chi connectivity index (χ0v) is 13.4. The first-order valence-electron chi connectivity index (χ1n) is 8.37. The number of aryl methyl sites for hydroxylation is 1. The Morgan fingerprint density at radius 2 is 1.86 bits per heavy atom. The van der Waals surface area contributed by atoms with E-state index in [4.69, 9.17) is 4.98 Å². The highest BCUT2D eigenvalue weighted by Crippen LogP contribution is 2.25. The molecular weight excluding hydrogens is 260 g/mol. The highest BCUT2D eigenvalue weighted by molar-refractivity contribution is 5.43. The smallest absolute Gasteiger partial charge is 0.129 e. The predicted octanol–water partition coefficient (Wildman–Crippen LogP) is 2.17. The van der Waals surface area contributed by atoms with Gasteiger partial charge in [-0.15, -0.1) is 0 Å². The molecule has 0 aromatic carbocycles. The van der Waals surface area contributed by atoms with Crippen molar-refractivity contribution in [3.8, 4) is 0 Å². The Morgan fingerprint density at radius 1 is 1.14 bits per heavy atom. The van der Waals surface area contributed by atoms with Crippen LogP contribution >= 0.6 is 0 Å². The van der Waals surface area contributed by atoms with Gasteiger partial charge in [0, 0.05) is 44.5 Å². The van der Waals surface area contributed by atoms with E-state index in [2.05, 4.69) is 34.2 Å². The van der Waals surface area contributed by atoms with Crippen LogP contribution in [0.3, 0.4) is 0 Å². The summed E-state index contributed by atoms with van der Waals surface area (Å²) in [6, 6.07) is 5.28. The molecular formula is C17H28N4. The van der Waals surface area contributed by atoms with Crippen molar-refractivity contribution in [2.24, 2.45) is 0 Å². The summed E-state index contributed by atoms with van der Waals surface area (Å²) in [6.45, 7) is 7.64. The van der Waals surface area contributed by atoms with Crippen molar-refractivity contribution in [3.05, 3.63) is 23.4 Å². The molecule has 0 spiro atoms. The average molecular weight is 288 g/mol. The average Bonchev–Trinajstić information content (AvgIpc) is 3.01. The van der Waals surface area contributed by atoms with Crippen LogP contribution in [-0.4, -0.2) is 49.2 Å². The molecule has 1 N–H and O–H groups in total. The van der Waals surface area contributed by atoms with Crippen LogP contribution in [0, 0.1) is 6.92 Å². The summed E-state index contributed by atoms with van der Waals surface area (Å²) in [6.07, 6.45) is 5.68. The molecule has 116 valence electrons. The van der Waals surface area contributed by atoms with Crippen LogP contribution in [0.25, 0.3) is 0 Å². The third kappa shape index (κ3) is 3.55. The third-order valence-electron chi connectivity index (χ3n) is 4.86. The SMILES string of the molecule is CNCc1cc(C)nc(N2CCN(C3CCCC3)CC2)c1. The van der Waals surface area contributed by atoms with E-state index in [0.717, 1.165) is 37.2 Å². The molecule has 1 saturated carbocycles. The summed E-state index contributed by atoms with van der Waals surface area (Å²) in [5.74, 6) is 1.16. The number of pyridine rings is 1. The normalized spacial score (nSPS) is 21.1.